The summed E-state index contributed by atoms with van der Waals surface area (Å²) in [4.78, 5) is 23.7. The van der Waals surface area contributed by atoms with E-state index in [-0.39, 0.29) is 30.8 Å². The molecule has 0 radical (unpaired) electrons. The molecule has 112 valence electrons. The van der Waals surface area contributed by atoms with Crippen molar-refractivity contribution in [1.82, 2.24) is 10.6 Å². The van der Waals surface area contributed by atoms with E-state index in [1.165, 1.54) is 17.8 Å². The van der Waals surface area contributed by atoms with Crippen molar-refractivity contribution in [1.29, 1.82) is 0 Å². The Labute approximate surface area is 125 Å². The maximum absolute atomic E-state index is 13.6. The molecule has 1 aromatic carbocycles. The lowest BCUT2D eigenvalue weighted by Crippen LogP contribution is -2.44. The van der Waals surface area contributed by atoms with Crippen LogP contribution in [0.3, 0.4) is 0 Å². The van der Waals surface area contributed by atoms with Crippen LogP contribution in [0, 0.1) is 5.82 Å². The van der Waals surface area contributed by atoms with Gasteiger partial charge >= 0.3 is 12.0 Å². The molecule has 0 saturated carbocycles. The molecule has 2 rings (SSSR count). The maximum atomic E-state index is 13.6. The van der Waals surface area contributed by atoms with Gasteiger partial charge < -0.3 is 15.4 Å². The summed E-state index contributed by atoms with van der Waals surface area (Å²) in [5.74, 6) is -0.530. The number of rotatable bonds is 5. The summed E-state index contributed by atoms with van der Waals surface area (Å²) in [7, 11) is 0. The van der Waals surface area contributed by atoms with Gasteiger partial charge in [0.2, 0.25) is 0 Å². The molecule has 1 aliphatic rings. The molecule has 0 saturated heterocycles. The highest BCUT2D eigenvalue weighted by Gasteiger charge is 2.23. The lowest BCUT2D eigenvalue weighted by Gasteiger charge is -2.21. The third-order valence-electron chi connectivity index (χ3n) is 2.78. The molecular formula is C14H15FN2O3S. The third kappa shape index (κ3) is 3.98. The van der Waals surface area contributed by atoms with E-state index in [1.807, 2.05) is 0 Å². The van der Waals surface area contributed by atoms with Gasteiger partial charge in [0, 0.05) is 16.3 Å². The number of ether oxygens (including phenoxy) is 1. The van der Waals surface area contributed by atoms with Crippen molar-refractivity contribution in [2.45, 2.75) is 11.8 Å². The second-order valence-electron chi connectivity index (χ2n) is 4.20. The van der Waals surface area contributed by atoms with E-state index in [9.17, 15) is 14.0 Å². The summed E-state index contributed by atoms with van der Waals surface area (Å²) in [5, 5.41) is 5.10. The highest BCUT2D eigenvalue weighted by atomic mass is 32.2. The van der Waals surface area contributed by atoms with Crippen molar-refractivity contribution in [3.63, 3.8) is 0 Å². The van der Waals surface area contributed by atoms with Gasteiger partial charge in [0.25, 0.3) is 0 Å². The zero-order valence-corrected chi connectivity index (χ0v) is 12.3. The molecule has 0 fully saturated rings. The summed E-state index contributed by atoms with van der Waals surface area (Å²) < 4.78 is 18.5. The molecule has 1 heterocycles. The number of halogens is 1. The van der Waals surface area contributed by atoms with Gasteiger partial charge in [-0.1, -0.05) is 12.1 Å². The minimum absolute atomic E-state index is 0.109. The van der Waals surface area contributed by atoms with Crippen molar-refractivity contribution in [2.75, 3.05) is 18.9 Å². The Morgan fingerprint density at radius 2 is 2.19 bits per heavy atom. The maximum Gasteiger partial charge on any atom is 0.337 e. The van der Waals surface area contributed by atoms with Crippen LogP contribution < -0.4 is 10.6 Å². The number of carbonyl (C=O) groups excluding carboxylic acids is 2. The van der Waals surface area contributed by atoms with Crippen LogP contribution in [0.1, 0.15) is 6.92 Å². The summed E-state index contributed by atoms with van der Waals surface area (Å²) in [6, 6.07) is 5.96. The quantitative estimate of drug-likeness (QED) is 0.645. The average Bonchev–Trinajstić information content (AvgIpc) is 2.46. The smallest absolute Gasteiger partial charge is 0.337 e. The van der Waals surface area contributed by atoms with Crippen molar-refractivity contribution in [2.24, 2.45) is 0 Å². The highest BCUT2D eigenvalue weighted by molar-refractivity contribution is 7.99. The molecule has 2 N–H and O–H groups in total. The molecule has 5 nitrogen and oxygen atoms in total. The number of carbonyl (C=O) groups is 2. The second kappa shape index (κ2) is 7.12. The molecule has 1 aromatic rings. The molecule has 0 aromatic heterocycles. The van der Waals surface area contributed by atoms with Gasteiger partial charge in [-0.15, -0.1) is 11.8 Å². The minimum atomic E-state index is -0.478. The van der Waals surface area contributed by atoms with Crippen LogP contribution in [-0.4, -0.2) is 30.9 Å². The van der Waals surface area contributed by atoms with E-state index < -0.39 is 5.97 Å². The predicted octanol–water partition coefficient (Wildman–Crippen LogP) is 2.05. The number of hydrogen-bond donors (Lipinski definition) is 2. The number of amides is 2. The molecule has 7 heteroatoms. The Bertz CT molecular complexity index is 589. The van der Waals surface area contributed by atoms with Crippen LogP contribution in [0.15, 0.2) is 40.4 Å². The third-order valence-corrected chi connectivity index (χ3v) is 3.86. The van der Waals surface area contributed by atoms with Gasteiger partial charge in [0.1, 0.15) is 5.82 Å². The summed E-state index contributed by atoms with van der Waals surface area (Å²) >= 11 is 1.21. The van der Waals surface area contributed by atoms with Crippen LogP contribution in [0.5, 0.6) is 0 Å². The molecule has 1 aliphatic heterocycles. The number of urea groups is 1. The van der Waals surface area contributed by atoms with Crippen LogP contribution in [0.4, 0.5) is 9.18 Å². The van der Waals surface area contributed by atoms with Crippen molar-refractivity contribution in [3.8, 4) is 0 Å². The van der Waals surface area contributed by atoms with Gasteiger partial charge in [-0.2, -0.15) is 0 Å². The van der Waals surface area contributed by atoms with E-state index in [1.54, 1.807) is 25.1 Å². The molecular weight excluding hydrogens is 295 g/mol. The number of hydrogen-bond acceptors (Lipinski definition) is 4. The summed E-state index contributed by atoms with van der Waals surface area (Å²) in [6.07, 6.45) is 0. The lowest BCUT2D eigenvalue weighted by molar-refractivity contribution is -0.138. The fourth-order valence-corrected chi connectivity index (χ4v) is 2.71. The van der Waals surface area contributed by atoms with E-state index in [0.717, 1.165) is 0 Å². The van der Waals surface area contributed by atoms with Crippen LogP contribution in [-0.2, 0) is 9.53 Å². The molecule has 0 unspecified atom stereocenters. The van der Waals surface area contributed by atoms with Gasteiger partial charge in [-0.05, 0) is 19.1 Å². The number of benzene rings is 1. The Kier molecular flexibility index (Phi) is 5.21. The molecule has 0 aliphatic carbocycles. The second-order valence-corrected chi connectivity index (χ2v) is 5.22. The fourth-order valence-electron chi connectivity index (χ4n) is 1.78. The fraction of sp³-hybridized carbons (Fsp3) is 0.286. The number of esters is 1. The Morgan fingerprint density at radius 3 is 2.90 bits per heavy atom. The van der Waals surface area contributed by atoms with Gasteiger partial charge in [0.05, 0.1) is 18.7 Å². The van der Waals surface area contributed by atoms with Gasteiger partial charge in [-0.3, -0.25) is 0 Å². The Balaban J connectivity index is 2.14. The monoisotopic (exact) mass is 310 g/mol. The lowest BCUT2D eigenvalue weighted by atomic mass is 10.2. The van der Waals surface area contributed by atoms with E-state index >= 15 is 0 Å². The van der Waals surface area contributed by atoms with Gasteiger partial charge in [-0.25, -0.2) is 14.0 Å². The topological polar surface area (TPSA) is 67.4 Å². The van der Waals surface area contributed by atoms with E-state index in [4.69, 9.17) is 4.74 Å². The van der Waals surface area contributed by atoms with Gasteiger partial charge in [0.15, 0.2) is 0 Å². The first kappa shape index (κ1) is 15.4. The first-order chi connectivity index (χ1) is 10.1. The van der Waals surface area contributed by atoms with Crippen molar-refractivity contribution >= 4 is 23.8 Å². The highest BCUT2D eigenvalue weighted by Crippen LogP contribution is 2.24. The van der Waals surface area contributed by atoms with Crippen molar-refractivity contribution < 1.29 is 18.7 Å². The van der Waals surface area contributed by atoms with Crippen LogP contribution in [0.25, 0.3) is 0 Å². The normalized spacial score (nSPS) is 14.5. The van der Waals surface area contributed by atoms with E-state index in [0.29, 0.717) is 16.2 Å². The molecule has 0 bridgehead atoms. The average molecular weight is 310 g/mol. The summed E-state index contributed by atoms with van der Waals surface area (Å²) in [6.45, 7) is 2.07. The Hall–Kier alpha value is -2.02. The first-order valence-electron chi connectivity index (χ1n) is 6.43. The van der Waals surface area contributed by atoms with E-state index in [2.05, 4.69) is 10.6 Å². The summed E-state index contributed by atoms with van der Waals surface area (Å²) in [5.41, 5.74) is 0.811. The Morgan fingerprint density at radius 1 is 1.43 bits per heavy atom. The largest absolute Gasteiger partial charge is 0.463 e. The standard InChI is InChI=1S/C14H15FN2O3S/c1-2-20-13(18)9-7-16-14(19)17-11(9)8-21-12-6-4-3-5-10(12)15/h3-6H,2,7-8H2,1H3,(H2,16,17,19). The molecule has 21 heavy (non-hydrogen) atoms. The minimum Gasteiger partial charge on any atom is -0.463 e. The zero-order valence-electron chi connectivity index (χ0n) is 11.4. The zero-order chi connectivity index (χ0) is 15.2. The molecule has 0 spiro atoms. The molecule has 2 amide bonds. The predicted molar refractivity (Wildman–Crippen MR) is 77.3 cm³/mol. The van der Waals surface area contributed by atoms with Crippen LogP contribution >= 0.6 is 11.8 Å². The number of nitrogens with one attached hydrogen (secondary N) is 2. The van der Waals surface area contributed by atoms with Crippen molar-refractivity contribution in [3.05, 3.63) is 41.4 Å². The van der Waals surface area contributed by atoms with Crippen LogP contribution in [0.2, 0.25) is 0 Å². The SMILES string of the molecule is CCOC(=O)C1=C(CSc2ccccc2F)NC(=O)NC1. The first-order valence-corrected chi connectivity index (χ1v) is 7.41. The number of thioether (sulfide) groups is 1. The molecule has 0 atom stereocenters.